The number of hydrogen-bond acceptors (Lipinski definition) is 2. The van der Waals surface area contributed by atoms with Gasteiger partial charge in [-0.3, -0.25) is 4.79 Å². The summed E-state index contributed by atoms with van der Waals surface area (Å²) in [5.74, 6) is 0.546. The number of carbonyl (C=O) groups excluding carboxylic acids is 1. The molecule has 0 amide bonds. The average molecular weight is 208 g/mol. The highest BCUT2D eigenvalue weighted by molar-refractivity contribution is 5.96. The van der Waals surface area contributed by atoms with Gasteiger partial charge in [0.1, 0.15) is 11.6 Å². The Balaban J connectivity index is 2.15. The molecule has 0 aliphatic heterocycles. The zero-order valence-corrected chi connectivity index (χ0v) is 8.63. The number of halogens is 1. The van der Waals surface area contributed by atoms with Crippen LogP contribution in [-0.4, -0.2) is 12.4 Å². The van der Waals surface area contributed by atoms with Crippen molar-refractivity contribution in [3.63, 3.8) is 0 Å². The molecular formula is C12H13FO2. The Bertz CT molecular complexity index is 383. The summed E-state index contributed by atoms with van der Waals surface area (Å²) in [6.07, 6.45) is 2.38. The van der Waals surface area contributed by atoms with Gasteiger partial charge in [0.15, 0.2) is 5.78 Å². The van der Waals surface area contributed by atoms with Gasteiger partial charge in [-0.2, -0.15) is 0 Å². The van der Waals surface area contributed by atoms with Crippen LogP contribution in [-0.2, 0) is 0 Å². The topological polar surface area (TPSA) is 26.3 Å². The highest BCUT2D eigenvalue weighted by Gasteiger charge is 2.22. The molecule has 0 saturated heterocycles. The Hall–Kier alpha value is -1.38. The molecule has 1 fully saturated rings. The van der Waals surface area contributed by atoms with Crippen LogP contribution < -0.4 is 4.74 Å². The lowest BCUT2D eigenvalue weighted by Crippen LogP contribution is -2.04. The van der Waals surface area contributed by atoms with Crippen LogP contribution in [0.1, 0.15) is 30.1 Å². The van der Waals surface area contributed by atoms with Gasteiger partial charge in [0.2, 0.25) is 0 Å². The molecule has 1 aliphatic carbocycles. The van der Waals surface area contributed by atoms with Gasteiger partial charge in [0.25, 0.3) is 0 Å². The monoisotopic (exact) mass is 208 g/mol. The second-order valence-electron chi connectivity index (χ2n) is 3.95. The van der Waals surface area contributed by atoms with E-state index in [9.17, 15) is 9.18 Å². The second-order valence-corrected chi connectivity index (χ2v) is 3.95. The van der Waals surface area contributed by atoms with E-state index in [4.69, 9.17) is 4.74 Å². The molecule has 1 aliphatic rings. The summed E-state index contributed by atoms with van der Waals surface area (Å²) < 4.78 is 18.4. The van der Waals surface area contributed by atoms with Gasteiger partial charge in [-0.15, -0.1) is 0 Å². The third-order valence-corrected chi connectivity index (χ3v) is 2.49. The Morgan fingerprint density at radius 1 is 1.53 bits per heavy atom. The summed E-state index contributed by atoms with van der Waals surface area (Å²) in [6, 6.07) is 4.06. The Morgan fingerprint density at radius 3 is 2.87 bits per heavy atom. The zero-order chi connectivity index (χ0) is 10.8. The fourth-order valence-corrected chi connectivity index (χ4v) is 1.40. The lowest BCUT2D eigenvalue weighted by molar-refractivity contribution is 0.101. The van der Waals surface area contributed by atoms with E-state index >= 15 is 0 Å². The predicted octanol–water partition coefficient (Wildman–Crippen LogP) is 2.82. The quantitative estimate of drug-likeness (QED) is 0.711. The van der Waals surface area contributed by atoms with Gasteiger partial charge in [-0.1, -0.05) is 0 Å². The first-order valence-corrected chi connectivity index (χ1v) is 5.10. The first-order valence-electron chi connectivity index (χ1n) is 5.10. The molecule has 0 spiro atoms. The van der Waals surface area contributed by atoms with Crippen LogP contribution >= 0.6 is 0 Å². The number of benzene rings is 1. The van der Waals surface area contributed by atoms with Crippen molar-refractivity contribution in [3.05, 3.63) is 29.6 Å². The van der Waals surface area contributed by atoms with Crippen molar-refractivity contribution in [1.29, 1.82) is 0 Å². The lowest BCUT2D eigenvalue weighted by Gasteiger charge is -2.08. The standard InChI is InChI=1S/C12H13FO2/c1-8(14)11-6-10(13)4-5-12(11)15-7-9-2-3-9/h4-6,9H,2-3,7H2,1H3. The van der Waals surface area contributed by atoms with Crippen LogP contribution in [0.15, 0.2) is 18.2 Å². The minimum Gasteiger partial charge on any atom is -0.493 e. The van der Waals surface area contributed by atoms with Crippen molar-refractivity contribution in [2.75, 3.05) is 6.61 Å². The molecule has 0 N–H and O–H groups in total. The third-order valence-electron chi connectivity index (χ3n) is 2.49. The van der Waals surface area contributed by atoms with E-state index in [1.807, 2.05) is 0 Å². The fourth-order valence-electron chi connectivity index (χ4n) is 1.40. The molecular weight excluding hydrogens is 195 g/mol. The molecule has 0 radical (unpaired) electrons. The van der Waals surface area contributed by atoms with Crippen molar-refractivity contribution < 1.29 is 13.9 Å². The van der Waals surface area contributed by atoms with E-state index < -0.39 is 5.82 Å². The van der Waals surface area contributed by atoms with Crippen LogP contribution in [0.3, 0.4) is 0 Å². The minimum atomic E-state index is -0.404. The second kappa shape index (κ2) is 4.01. The van der Waals surface area contributed by atoms with Gasteiger partial charge in [-0.25, -0.2) is 4.39 Å². The maximum atomic E-state index is 12.9. The molecule has 1 aromatic carbocycles. The molecule has 0 heterocycles. The largest absolute Gasteiger partial charge is 0.493 e. The Labute approximate surface area is 88.1 Å². The number of Topliss-reactive ketones (excluding diaryl/α,β-unsaturated/α-hetero) is 1. The van der Waals surface area contributed by atoms with Crippen LogP contribution in [0.2, 0.25) is 0 Å². The molecule has 2 nitrogen and oxygen atoms in total. The molecule has 0 aromatic heterocycles. The van der Waals surface area contributed by atoms with Crippen LogP contribution in [0, 0.1) is 11.7 Å². The Morgan fingerprint density at radius 2 is 2.27 bits per heavy atom. The normalized spacial score (nSPS) is 15.1. The van der Waals surface area contributed by atoms with E-state index in [2.05, 4.69) is 0 Å². The van der Waals surface area contributed by atoms with Gasteiger partial charge >= 0.3 is 0 Å². The van der Waals surface area contributed by atoms with E-state index in [1.165, 1.54) is 38.0 Å². The molecule has 1 aromatic rings. The smallest absolute Gasteiger partial charge is 0.163 e. The van der Waals surface area contributed by atoms with Gasteiger partial charge in [0.05, 0.1) is 12.2 Å². The number of rotatable bonds is 4. The maximum absolute atomic E-state index is 12.9. The zero-order valence-electron chi connectivity index (χ0n) is 8.63. The molecule has 2 rings (SSSR count). The first-order chi connectivity index (χ1) is 7.16. The van der Waals surface area contributed by atoms with Crippen molar-refractivity contribution in [2.45, 2.75) is 19.8 Å². The number of ether oxygens (including phenoxy) is 1. The first kappa shape index (κ1) is 10.1. The van der Waals surface area contributed by atoms with E-state index in [0.717, 1.165) is 0 Å². The van der Waals surface area contributed by atoms with Crippen LogP contribution in [0.4, 0.5) is 4.39 Å². The predicted molar refractivity (Wildman–Crippen MR) is 54.6 cm³/mol. The highest BCUT2D eigenvalue weighted by atomic mass is 19.1. The highest BCUT2D eigenvalue weighted by Crippen LogP contribution is 2.30. The van der Waals surface area contributed by atoms with E-state index in [1.54, 1.807) is 0 Å². The van der Waals surface area contributed by atoms with Crippen molar-refractivity contribution >= 4 is 5.78 Å². The van der Waals surface area contributed by atoms with Gasteiger partial charge in [0, 0.05) is 0 Å². The number of hydrogen-bond donors (Lipinski definition) is 0. The lowest BCUT2D eigenvalue weighted by atomic mass is 10.1. The summed E-state index contributed by atoms with van der Waals surface area (Å²) in [5, 5.41) is 0. The van der Waals surface area contributed by atoms with Gasteiger partial charge < -0.3 is 4.74 Å². The molecule has 0 bridgehead atoms. The molecule has 0 unspecified atom stereocenters. The Kier molecular flexibility index (Phi) is 2.71. The molecule has 0 atom stereocenters. The van der Waals surface area contributed by atoms with Crippen molar-refractivity contribution in [3.8, 4) is 5.75 Å². The van der Waals surface area contributed by atoms with E-state index in [0.29, 0.717) is 23.8 Å². The average Bonchev–Trinajstić information content (AvgIpc) is 2.99. The third kappa shape index (κ3) is 2.55. The summed E-state index contributed by atoms with van der Waals surface area (Å²) >= 11 is 0. The van der Waals surface area contributed by atoms with Crippen LogP contribution in [0.25, 0.3) is 0 Å². The summed E-state index contributed by atoms with van der Waals surface area (Å²) in [5.41, 5.74) is 0.329. The summed E-state index contributed by atoms with van der Waals surface area (Å²) in [4.78, 5) is 11.2. The fraction of sp³-hybridized carbons (Fsp3) is 0.417. The maximum Gasteiger partial charge on any atom is 0.163 e. The van der Waals surface area contributed by atoms with Crippen molar-refractivity contribution in [2.24, 2.45) is 5.92 Å². The van der Waals surface area contributed by atoms with Crippen LogP contribution in [0.5, 0.6) is 5.75 Å². The number of carbonyl (C=O) groups is 1. The molecule has 80 valence electrons. The SMILES string of the molecule is CC(=O)c1cc(F)ccc1OCC1CC1. The van der Waals surface area contributed by atoms with Crippen molar-refractivity contribution in [1.82, 2.24) is 0 Å². The van der Waals surface area contributed by atoms with E-state index in [-0.39, 0.29) is 5.78 Å². The molecule has 3 heteroatoms. The van der Waals surface area contributed by atoms with Gasteiger partial charge in [-0.05, 0) is 43.9 Å². The summed E-state index contributed by atoms with van der Waals surface area (Å²) in [6.45, 7) is 2.05. The molecule has 1 saturated carbocycles. The summed E-state index contributed by atoms with van der Waals surface area (Å²) in [7, 11) is 0. The molecule has 15 heavy (non-hydrogen) atoms. The number of ketones is 1. The minimum absolute atomic E-state index is 0.166.